The molecular formula is C14H16F3NO3. The van der Waals surface area contributed by atoms with Crippen LogP contribution in [0.25, 0.3) is 0 Å². The molecule has 1 amide bonds. The normalized spacial score (nSPS) is 12.8. The lowest BCUT2D eigenvalue weighted by Gasteiger charge is -2.13. The lowest BCUT2D eigenvalue weighted by molar-refractivity contribution is -0.138. The van der Waals surface area contributed by atoms with Crippen LogP contribution >= 0.6 is 0 Å². The smallest absolute Gasteiger partial charge is 0.416 e. The molecule has 0 unspecified atom stereocenters. The minimum Gasteiger partial charge on any atom is -0.481 e. The second-order valence-electron chi connectivity index (χ2n) is 4.72. The molecule has 0 aliphatic carbocycles. The number of hydrogen-bond donors (Lipinski definition) is 2. The summed E-state index contributed by atoms with van der Waals surface area (Å²) in [6, 6.07) is 4.65. The van der Waals surface area contributed by atoms with Crippen LogP contribution in [0.3, 0.4) is 0 Å². The SMILES string of the molecule is C[C@@H](CC(=O)NCCC(=O)O)c1ccc(C(F)(F)F)cc1. The van der Waals surface area contributed by atoms with Crippen molar-refractivity contribution in [3.8, 4) is 0 Å². The standard InChI is InChI=1S/C14H16F3NO3/c1-9(8-12(19)18-7-6-13(20)21)10-2-4-11(5-3-10)14(15,16)17/h2-5,9H,6-8H2,1H3,(H,18,19)(H,20,21)/t9-/m0/s1. The van der Waals surface area contributed by atoms with Gasteiger partial charge in [-0.2, -0.15) is 13.2 Å². The van der Waals surface area contributed by atoms with Gasteiger partial charge in [-0.25, -0.2) is 0 Å². The molecule has 0 bridgehead atoms. The maximum absolute atomic E-state index is 12.4. The van der Waals surface area contributed by atoms with E-state index in [1.165, 1.54) is 12.1 Å². The van der Waals surface area contributed by atoms with Gasteiger partial charge in [-0.15, -0.1) is 0 Å². The molecule has 1 aromatic carbocycles. The molecular weight excluding hydrogens is 287 g/mol. The van der Waals surface area contributed by atoms with E-state index in [9.17, 15) is 22.8 Å². The predicted octanol–water partition coefficient (Wildman–Crippen LogP) is 2.79. The Labute approximate surface area is 120 Å². The Kier molecular flexibility index (Phi) is 5.75. The van der Waals surface area contributed by atoms with Crippen LogP contribution in [0.2, 0.25) is 0 Å². The van der Waals surface area contributed by atoms with Gasteiger partial charge in [-0.05, 0) is 23.6 Å². The van der Waals surface area contributed by atoms with Gasteiger partial charge in [0.25, 0.3) is 0 Å². The lowest BCUT2D eigenvalue weighted by atomic mass is 9.96. The lowest BCUT2D eigenvalue weighted by Crippen LogP contribution is -2.26. The Bertz CT molecular complexity index is 497. The number of carbonyl (C=O) groups excluding carboxylic acids is 1. The minimum atomic E-state index is -4.38. The van der Waals surface area contributed by atoms with E-state index >= 15 is 0 Å². The number of carboxylic acids is 1. The molecule has 21 heavy (non-hydrogen) atoms. The van der Waals surface area contributed by atoms with Crippen molar-refractivity contribution >= 4 is 11.9 Å². The van der Waals surface area contributed by atoms with Gasteiger partial charge in [0, 0.05) is 13.0 Å². The molecule has 0 aliphatic heterocycles. The largest absolute Gasteiger partial charge is 0.481 e. The molecule has 0 aliphatic rings. The zero-order chi connectivity index (χ0) is 16.0. The number of carbonyl (C=O) groups is 2. The molecule has 4 nitrogen and oxygen atoms in total. The number of rotatable bonds is 6. The first-order valence-corrected chi connectivity index (χ1v) is 6.36. The van der Waals surface area contributed by atoms with Crippen molar-refractivity contribution in [2.24, 2.45) is 0 Å². The fourth-order valence-corrected chi connectivity index (χ4v) is 1.78. The Morgan fingerprint density at radius 3 is 2.29 bits per heavy atom. The van der Waals surface area contributed by atoms with E-state index in [4.69, 9.17) is 5.11 Å². The minimum absolute atomic E-state index is 0.0356. The van der Waals surface area contributed by atoms with Gasteiger partial charge in [-0.3, -0.25) is 9.59 Å². The number of carboxylic acid groups (broad SMARTS) is 1. The first kappa shape index (κ1) is 17.0. The molecule has 0 fully saturated rings. The van der Waals surface area contributed by atoms with Crippen LogP contribution < -0.4 is 5.32 Å². The maximum Gasteiger partial charge on any atom is 0.416 e. The Balaban J connectivity index is 2.53. The molecule has 0 spiro atoms. The molecule has 1 aromatic rings. The summed E-state index contributed by atoms with van der Waals surface area (Å²) in [7, 11) is 0. The summed E-state index contributed by atoms with van der Waals surface area (Å²) in [6.07, 6.45) is -4.46. The predicted molar refractivity (Wildman–Crippen MR) is 69.7 cm³/mol. The molecule has 2 N–H and O–H groups in total. The van der Waals surface area contributed by atoms with E-state index in [0.29, 0.717) is 5.56 Å². The summed E-state index contributed by atoms with van der Waals surface area (Å²) in [5.41, 5.74) is -0.110. The highest BCUT2D eigenvalue weighted by Gasteiger charge is 2.30. The number of nitrogens with one attached hydrogen (secondary N) is 1. The van der Waals surface area contributed by atoms with E-state index in [0.717, 1.165) is 12.1 Å². The van der Waals surface area contributed by atoms with Crippen molar-refractivity contribution in [1.29, 1.82) is 0 Å². The number of amides is 1. The van der Waals surface area contributed by atoms with Gasteiger partial charge in [0.2, 0.25) is 5.91 Å². The molecule has 1 rings (SSSR count). The number of benzene rings is 1. The third-order valence-electron chi connectivity index (χ3n) is 2.96. The molecule has 0 saturated carbocycles. The van der Waals surface area contributed by atoms with Crippen molar-refractivity contribution in [2.45, 2.75) is 31.9 Å². The summed E-state index contributed by atoms with van der Waals surface area (Å²) >= 11 is 0. The fraction of sp³-hybridized carbons (Fsp3) is 0.429. The summed E-state index contributed by atoms with van der Waals surface area (Å²) < 4.78 is 37.3. The second kappa shape index (κ2) is 7.10. The summed E-state index contributed by atoms with van der Waals surface area (Å²) in [6.45, 7) is 1.76. The number of halogens is 3. The molecule has 0 heterocycles. The zero-order valence-corrected chi connectivity index (χ0v) is 11.4. The van der Waals surface area contributed by atoms with E-state index in [-0.39, 0.29) is 31.2 Å². The summed E-state index contributed by atoms with van der Waals surface area (Å²) in [5.74, 6) is -1.59. The van der Waals surface area contributed by atoms with Crippen LogP contribution in [-0.4, -0.2) is 23.5 Å². The van der Waals surface area contributed by atoms with E-state index in [2.05, 4.69) is 5.32 Å². The highest BCUT2D eigenvalue weighted by molar-refractivity contribution is 5.77. The van der Waals surface area contributed by atoms with E-state index in [1.54, 1.807) is 6.92 Å². The van der Waals surface area contributed by atoms with Crippen molar-refractivity contribution in [3.63, 3.8) is 0 Å². The monoisotopic (exact) mass is 303 g/mol. The quantitative estimate of drug-likeness (QED) is 0.849. The van der Waals surface area contributed by atoms with Gasteiger partial charge in [-0.1, -0.05) is 19.1 Å². The molecule has 7 heteroatoms. The molecule has 1 atom stereocenters. The maximum atomic E-state index is 12.4. The fourth-order valence-electron chi connectivity index (χ4n) is 1.78. The third-order valence-corrected chi connectivity index (χ3v) is 2.96. The van der Waals surface area contributed by atoms with Crippen LogP contribution in [-0.2, 0) is 15.8 Å². The Morgan fingerprint density at radius 2 is 1.81 bits per heavy atom. The Morgan fingerprint density at radius 1 is 1.24 bits per heavy atom. The first-order chi connectivity index (χ1) is 9.70. The van der Waals surface area contributed by atoms with Gasteiger partial charge < -0.3 is 10.4 Å². The average Bonchev–Trinajstić information content (AvgIpc) is 2.37. The summed E-state index contributed by atoms with van der Waals surface area (Å²) in [5, 5.41) is 10.9. The first-order valence-electron chi connectivity index (χ1n) is 6.36. The summed E-state index contributed by atoms with van der Waals surface area (Å²) in [4.78, 5) is 21.8. The zero-order valence-electron chi connectivity index (χ0n) is 11.4. The van der Waals surface area contributed by atoms with Gasteiger partial charge in [0.1, 0.15) is 0 Å². The number of aliphatic carboxylic acids is 1. The van der Waals surface area contributed by atoms with Crippen molar-refractivity contribution in [2.75, 3.05) is 6.54 Å². The van der Waals surface area contributed by atoms with Gasteiger partial charge in [0.15, 0.2) is 0 Å². The molecule has 0 saturated heterocycles. The van der Waals surface area contributed by atoms with E-state index < -0.39 is 17.7 Å². The van der Waals surface area contributed by atoms with Crippen LogP contribution in [0.4, 0.5) is 13.2 Å². The Hall–Kier alpha value is -2.05. The highest BCUT2D eigenvalue weighted by Crippen LogP contribution is 2.30. The van der Waals surface area contributed by atoms with Gasteiger partial charge >= 0.3 is 12.1 Å². The van der Waals surface area contributed by atoms with Crippen LogP contribution in [0.1, 0.15) is 36.8 Å². The van der Waals surface area contributed by atoms with Crippen molar-refractivity contribution in [1.82, 2.24) is 5.32 Å². The molecule has 116 valence electrons. The van der Waals surface area contributed by atoms with Gasteiger partial charge in [0.05, 0.1) is 12.0 Å². The van der Waals surface area contributed by atoms with Crippen LogP contribution in [0.15, 0.2) is 24.3 Å². The second-order valence-corrected chi connectivity index (χ2v) is 4.72. The van der Waals surface area contributed by atoms with E-state index in [1.807, 2.05) is 0 Å². The van der Waals surface area contributed by atoms with Crippen LogP contribution in [0, 0.1) is 0 Å². The number of hydrogen-bond acceptors (Lipinski definition) is 2. The highest BCUT2D eigenvalue weighted by atomic mass is 19.4. The topological polar surface area (TPSA) is 66.4 Å². The van der Waals surface area contributed by atoms with Crippen molar-refractivity contribution < 1.29 is 27.9 Å². The average molecular weight is 303 g/mol. The third kappa shape index (κ3) is 5.85. The van der Waals surface area contributed by atoms with Crippen LogP contribution in [0.5, 0.6) is 0 Å². The number of alkyl halides is 3. The van der Waals surface area contributed by atoms with Crippen molar-refractivity contribution in [3.05, 3.63) is 35.4 Å². The molecule has 0 aromatic heterocycles. The molecule has 0 radical (unpaired) electrons.